The van der Waals surface area contributed by atoms with Gasteiger partial charge in [-0.25, -0.2) is 4.68 Å². The van der Waals surface area contributed by atoms with E-state index >= 15 is 0 Å². The van der Waals surface area contributed by atoms with Gasteiger partial charge in [0.25, 0.3) is 11.5 Å². The number of nitrogens with zero attached hydrogens (tertiary/aromatic N) is 2. The summed E-state index contributed by atoms with van der Waals surface area (Å²) in [7, 11) is 0. The van der Waals surface area contributed by atoms with Crippen LogP contribution in [0.15, 0.2) is 29.5 Å². The quantitative estimate of drug-likeness (QED) is 0.682. The van der Waals surface area contributed by atoms with Gasteiger partial charge in [0.05, 0.1) is 22.7 Å². The van der Waals surface area contributed by atoms with E-state index in [-0.39, 0.29) is 16.8 Å². The van der Waals surface area contributed by atoms with Crippen LogP contribution < -0.4 is 10.9 Å². The molecule has 3 rings (SSSR count). The van der Waals surface area contributed by atoms with E-state index in [4.69, 9.17) is 0 Å². The number of halogens is 3. The summed E-state index contributed by atoms with van der Waals surface area (Å²) in [6.07, 6.45) is -0.484. The first kappa shape index (κ1) is 15.8. The number of carbonyl (C=O) groups is 1. The Morgan fingerprint density at radius 2 is 2.08 bits per heavy atom. The van der Waals surface area contributed by atoms with Crippen LogP contribution in [0.3, 0.4) is 0 Å². The molecule has 0 spiro atoms. The molecule has 3 aromatic heterocycles. The first-order valence-corrected chi connectivity index (χ1v) is 6.85. The number of fused-ring (bicyclic) bond motifs is 1. The van der Waals surface area contributed by atoms with Gasteiger partial charge in [0.1, 0.15) is 12.4 Å². The number of nitrogens with one attached hydrogen (secondary N) is 3. The van der Waals surface area contributed by atoms with E-state index in [0.29, 0.717) is 10.2 Å². The number of H-pyrrole nitrogens is 2. The predicted molar refractivity (Wildman–Crippen MR) is 79.9 cm³/mol. The Morgan fingerprint density at radius 1 is 1.33 bits per heavy atom. The first-order chi connectivity index (χ1) is 11.3. The molecule has 0 unspecified atom stereocenters. The van der Waals surface area contributed by atoms with Crippen LogP contribution in [0, 0.1) is 6.92 Å². The van der Waals surface area contributed by atoms with Crippen molar-refractivity contribution in [2.24, 2.45) is 0 Å². The van der Waals surface area contributed by atoms with Gasteiger partial charge in [-0.3, -0.25) is 9.59 Å². The zero-order valence-corrected chi connectivity index (χ0v) is 12.4. The second-order valence-corrected chi connectivity index (χ2v) is 5.20. The minimum atomic E-state index is -4.47. The van der Waals surface area contributed by atoms with Crippen LogP contribution in [0.25, 0.3) is 10.9 Å². The molecule has 3 heterocycles. The average Bonchev–Trinajstić information content (AvgIpc) is 3.09. The maximum Gasteiger partial charge on any atom is 0.408 e. The summed E-state index contributed by atoms with van der Waals surface area (Å²) in [5.74, 6) is -0.822. The fraction of sp³-hybridized carbons (Fsp3) is 0.214. The molecule has 0 aliphatic rings. The van der Waals surface area contributed by atoms with Crippen molar-refractivity contribution >= 4 is 22.6 Å². The Morgan fingerprint density at radius 3 is 2.79 bits per heavy atom. The molecule has 1 amide bonds. The summed E-state index contributed by atoms with van der Waals surface area (Å²) >= 11 is 0. The number of alkyl halides is 3. The number of amides is 1. The Hall–Kier alpha value is -3.04. The van der Waals surface area contributed by atoms with E-state index in [1.54, 1.807) is 6.92 Å². The maximum absolute atomic E-state index is 12.5. The third kappa shape index (κ3) is 2.90. The number of pyridine rings is 1. The first-order valence-electron chi connectivity index (χ1n) is 6.85. The van der Waals surface area contributed by atoms with Crippen molar-refractivity contribution < 1.29 is 18.0 Å². The van der Waals surface area contributed by atoms with Gasteiger partial charge < -0.3 is 15.3 Å². The zero-order valence-electron chi connectivity index (χ0n) is 12.4. The lowest BCUT2D eigenvalue weighted by atomic mass is 10.1. The van der Waals surface area contributed by atoms with Crippen LogP contribution in [0.4, 0.5) is 19.0 Å². The van der Waals surface area contributed by atoms with Gasteiger partial charge in [0.15, 0.2) is 0 Å². The molecule has 126 valence electrons. The van der Waals surface area contributed by atoms with Crippen LogP contribution in [0.1, 0.15) is 15.9 Å². The molecule has 0 aliphatic heterocycles. The van der Waals surface area contributed by atoms with Crippen molar-refractivity contribution in [2.45, 2.75) is 19.6 Å². The number of aryl methyl sites for hydroxylation is 1. The Balaban J connectivity index is 1.94. The molecule has 3 N–H and O–H groups in total. The lowest BCUT2D eigenvalue weighted by Crippen LogP contribution is -2.22. The second-order valence-electron chi connectivity index (χ2n) is 5.20. The number of aromatic amines is 2. The van der Waals surface area contributed by atoms with E-state index in [1.165, 1.54) is 18.5 Å². The fourth-order valence-corrected chi connectivity index (χ4v) is 2.39. The van der Waals surface area contributed by atoms with Gasteiger partial charge in [-0.2, -0.15) is 18.3 Å². The van der Waals surface area contributed by atoms with Crippen LogP contribution in [-0.4, -0.2) is 31.8 Å². The summed E-state index contributed by atoms with van der Waals surface area (Å²) < 4.78 is 38.1. The molecule has 7 nitrogen and oxygen atoms in total. The number of anilines is 1. The summed E-state index contributed by atoms with van der Waals surface area (Å²) in [4.78, 5) is 29.6. The number of hydrogen-bond acceptors (Lipinski definition) is 3. The summed E-state index contributed by atoms with van der Waals surface area (Å²) in [5, 5.41) is 6.03. The highest BCUT2D eigenvalue weighted by molar-refractivity contribution is 6.12. The van der Waals surface area contributed by atoms with E-state index in [9.17, 15) is 22.8 Å². The van der Waals surface area contributed by atoms with E-state index < -0.39 is 24.2 Å². The smallest absolute Gasteiger partial charge is 0.360 e. The van der Waals surface area contributed by atoms with Gasteiger partial charge >= 0.3 is 6.18 Å². The number of aromatic nitrogens is 4. The topological polar surface area (TPSA) is 95.6 Å². The summed E-state index contributed by atoms with van der Waals surface area (Å²) in [5.41, 5.74) is 0.791. The molecular weight excluding hydrogens is 327 g/mol. The van der Waals surface area contributed by atoms with Crippen molar-refractivity contribution in [3.05, 3.63) is 46.1 Å². The molecule has 0 fully saturated rings. The predicted octanol–water partition coefficient (Wildman–Crippen LogP) is 2.18. The highest BCUT2D eigenvalue weighted by Gasteiger charge is 2.29. The third-order valence-corrected chi connectivity index (χ3v) is 3.45. The lowest BCUT2D eigenvalue weighted by Gasteiger charge is -2.10. The van der Waals surface area contributed by atoms with Gasteiger partial charge in [0.2, 0.25) is 0 Å². The van der Waals surface area contributed by atoms with Crippen LogP contribution in [-0.2, 0) is 6.54 Å². The van der Waals surface area contributed by atoms with Crippen molar-refractivity contribution in [3.63, 3.8) is 0 Å². The molecule has 0 atom stereocenters. The van der Waals surface area contributed by atoms with Gasteiger partial charge in [-0.15, -0.1) is 0 Å². The average molecular weight is 339 g/mol. The molecule has 0 bridgehead atoms. The van der Waals surface area contributed by atoms with Crippen LogP contribution in [0.5, 0.6) is 0 Å². The molecule has 0 aliphatic carbocycles. The van der Waals surface area contributed by atoms with Crippen molar-refractivity contribution in [1.82, 2.24) is 19.7 Å². The lowest BCUT2D eigenvalue weighted by molar-refractivity contribution is -0.142. The normalized spacial score (nSPS) is 11.8. The minimum Gasteiger partial charge on any atom is -0.360 e. The summed E-state index contributed by atoms with van der Waals surface area (Å²) in [6, 6.07) is 1.24. The fourth-order valence-electron chi connectivity index (χ4n) is 2.39. The molecule has 0 saturated heterocycles. The Bertz CT molecular complexity index is 967. The minimum absolute atomic E-state index is 0.0368. The van der Waals surface area contributed by atoms with E-state index in [2.05, 4.69) is 20.4 Å². The number of rotatable bonds is 3. The van der Waals surface area contributed by atoms with Gasteiger partial charge in [0, 0.05) is 18.5 Å². The molecule has 0 aromatic carbocycles. The standard InChI is InChI=1S/C14H12F3N5O2/c1-7-4-19-13(24)10-8(5-18-11(7)10)12(23)21-9-2-3-20-22(9)6-14(15,16)17/h2-5,18H,6H2,1H3,(H,19,24)(H,21,23). The summed E-state index contributed by atoms with van der Waals surface area (Å²) in [6.45, 7) is 0.415. The molecule has 3 aromatic rings. The maximum atomic E-state index is 12.5. The molecule has 0 saturated carbocycles. The highest BCUT2D eigenvalue weighted by Crippen LogP contribution is 2.21. The number of carbonyl (C=O) groups excluding carboxylic acids is 1. The highest BCUT2D eigenvalue weighted by atomic mass is 19.4. The third-order valence-electron chi connectivity index (χ3n) is 3.45. The Kier molecular flexibility index (Phi) is 3.66. The number of hydrogen-bond donors (Lipinski definition) is 3. The van der Waals surface area contributed by atoms with Crippen molar-refractivity contribution in [2.75, 3.05) is 5.32 Å². The largest absolute Gasteiger partial charge is 0.408 e. The van der Waals surface area contributed by atoms with E-state index in [0.717, 1.165) is 11.8 Å². The monoisotopic (exact) mass is 339 g/mol. The van der Waals surface area contributed by atoms with Crippen molar-refractivity contribution in [1.29, 1.82) is 0 Å². The van der Waals surface area contributed by atoms with Crippen LogP contribution in [0.2, 0.25) is 0 Å². The molecule has 0 radical (unpaired) electrons. The second kappa shape index (κ2) is 5.55. The SMILES string of the molecule is Cc1c[nH]c(=O)c2c(C(=O)Nc3ccnn3CC(F)(F)F)c[nH]c12. The molecule has 24 heavy (non-hydrogen) atoms. The van der Waals surface area contributed by atoms with Gasteiger partial charge in [-0.05, 0) is 12.5 Å². The Labute approximate surface area is 132 Å². The van der Waals surface area contributed by atoms with E-state index in [1.807, 2.05) is 0 Å². The zero-order chi connectivity index (χ0) is 17.5. The van der Waals surface area contributed by atoms with Crippen LogP contribution >= 0.6 is 0 Å². The van der Waals surface area contributed by atoms with Gasteiger partial charge in [-0.1, -0.05) is 0 Å². The molecule has 10 heteroatoms. The molecular formula is C14H12F3N5O2. The van der Waals surface area contributed by atoms with Crippen molar-refractivity contribution in [3.8, 4) is 0 Å².